The molecule has 0 spiro atoms. The van der Waals surface area contributed by atoms with E-state index in [-0.39, 0.29) is 28.8 Å². The molecule has 0 radical (unpaired) electrons. The van der Waals surface area contributed by atoms with Crippen molar-refractivity contribution in [2.24, 2.45) is 0 Å². The Morgan fingerprint density at radius 2 is 1.72 bits per heavy atom. The van der Waals surface area contributed by atoms with E-state index < -0.39 is 17.7 Å². The largest absolute Gasteiger partial charge is 0.507 e. The van der Waals surface area contributed by atoms with Gasteiger partial charge in [-0.1, -0.05) is 60.1 Å². The van der Waals surface area contributed by atoms with E-state index in [1.54, 1.807) is 0 Å². The van der Waals surface area contributed by atoms with Gasteiger partial charge in [0.05, 0.1) is 10.6 Å². The van der Waals surface area contributed by atoms with Crippen molar-refractivity contribution in [3.05, 3.63) is 93.5 Å². The van der Waals surface area contributed by atoms with Crippen LogP contribution in [0.15, 0.2) is 60.7 Å². The summed E-state index contributed by atoms with van der Waals surface area (Å²) in [6.45, 7) is 2.54. The third-order valence-electron chi connectivity index (χ3n) is 5.82. The van der Waals surface area contributed by atoms with Crippen LogP contribution in [0.2, 0.25) is 5.02 Å². The second-order valence-electron chi connectivity index (χ2n) is 7.89. The predicted octanol–water partition coefficient (Wildman–Crippen LogP) is 3.94. The first kappa shape index (κ1) is 21.7. The van der Waals surface area contributed by atoms with Gasteiger partial charge >= 0.3 is 0 Å². The van der Waals surface area contributed by atoms with Gasteiger partial charge in [-0.05, 0) is 35.2 Å². The fraction of sp³-hybridized carbons (Fsp3) is 0.200. The van der Waals surface area contributed by atoms with Gasteiger partial charge in [-0.2, -0.15) is 0 Å². The van der Waals surface area contributed by atoms with E-state index in [1.165, 1.54) is 11.0 Å². The lowest BCUT2D eigenvalue weighted by Gasteiger charge is -2.36. The van der Waals surface area contributed by atoms with Crippen molar-refractivity contribution in [2.75, 3.05) is 0 Å². The molecule has 1 aliphatic rings. The quantitative estimate of drug-likeness (QED) is 0.561. The number of hydrogen-bond donors (Lipinski definition) is 3. The van der Waals surface area contributed by atoms with Crippen LogP contribution in [0.4, 0.5) is 0 Å². The third-order valence-corrected chi connectivity index (χ3v) is 6.12. The molecule has 0 unspecified atom stereocenters. The van der Waals surface area contributed by atoms with Gasteiger partial charge in [0.1, 0.15) is 17.5 Å². The van der Waals surface area contributed by atoms with Crippen molar-refractivity contribution in [1.82, 2.24) is 10.2 Å². The molecule has 164 valence electrons. The summed E-state index contributed by atoms with van der Waals surface area (Å²) in [6.07, 6.45) is 0.355. The molecule has 3 aromatic rings. The monoisotopic (exact) mass is 450 g/mol. The molecule has 0 saturated heterocycles. The zero-order valence-electron chi connectivity index (χ0n) is 17.5. The van der Waals surface area contributed by atoms with Crippen molar-refractivity contribution in [3.8, 4) is 11.5 Å². The standard InChI is InChI=1S/C25H23ClN2O4/c1-15-6-2-3-8-17(15)13-27-24(31)21-10-16-7-4-5-9-18(16)14-28(21)25(32)19-11-20(26)23(30)12-22(19)29/h2-9,11-12,21,29-30H,10,13-14H2,1H3,(H,27,31)/t21-/m1/s1. The van der Waals surface area contributed by atoms with Gasteiger partial charge in [0.2, 0.25) is 5.91 Å². The smallest absolute Gasteiger partial charge is 0.258 e. The summed E-state index contributed by atoms with van der Waals surface area (Å²) in [5, 5.41) is 22.9. The molecule has 0 bridgehead atoms. The maximum Gasteiger partial charge on any atom is 0.258 e. The number of aromatic hydroxyl groups is 2. The maximum absolute atomic E-state index is 13.4. The van der Waals surface area contributed by atoms with E-state index in [0.717, 1.165) is 28.3 Å². The number of phenolic OH excluding ortho intramolecular Hbond substituents is 2. The first-order valence-corrected chi connectivity index (χ1v) is 10.6. The Labute approximate surface area is 191 Å². The van der Waals surface area contributed by atoms with E-state index in [2.05, 4.69) is 5.32 Å². The first-order valence-electron chi connectivity index (χ1n) is 10.3. The van der Waals surface area contributed by atoms with Crippen LogP contribution in [-0.4, -0.2) is 33.0 Å². The highest BCUT2D eigenvalue weighted by atomic mass is 35.5. The van der Waals surface area contributed by atoms with Crippen LogP contribution in [0, 0.1) is 6.92 Å². The van der Waals surface area contributed by atoms with Gasteiger partial charge in [0.15, 0.2) is 0 Å². The van der Waals surface area contributed by atoms with Crippen molar-refractivity contribution < 1.29 is 19.8 Å². The van der Waals surface area contributed by atoms with Gasteiger partial charge in [-0.25, -0.2) is 0 Å². The number of benzene rings is 3. The molecule has 0 fully saturated rings. The van der Waals surface area contributed by atoms with Gasteiger partial charge in [-0.3, -0.25) is 9.59 Å². The van der Waals surface area contributed by atoms with E-state index in [4.69, 9.17) is 11.6 Å². The van der Waals surface area contributed by atoms with Crippen molar-refractivity contribution >= 4 is 23.4 Å². The summed E-state index contributed by atoms with van der Waals surface area (Å²) < 4.78 is 0. The summed E-state index contributed by atoms with van der Waals surface area (Å²) in [5.74, 6) is -1.53. The molecule has 4 rings (SSSR count). The van der Waals surface area contributed by atoms with Crippen molar-refractivity contribution in [3.63, 3.8) is 0 Å². The molecule has 3 N–H and O–H groups in total. The number of carbonyl (C=O) groups is 2. The number of phenols is 2. The molecule has 1 atom stereocenters. The lowest BCUT2D eigenvalue weighted by Crippen LogP contribution is -2.52. The van der Waals surface area contributed by atoms with Crippen LogP contribution >= 0.6 is 11.6 Å². The Morgan fingerprint density at radius 3 is 2.47 bits per heavy atom. The summed E-state index contributed by atoms with van der Waals surface area (Å²) in [6, 6.07) is 16.9. The minimum atomic E-state index is -0.756. The fourth-order valence-electron chi connectivity index (χ4n) is 3.96. The summed E-state index contributed by atoms with van der Waals surface area (Å²) in [5.41, 5.74) is 3.94. The Morgan fingerprint density at radius 1 is 1.03 bits per heavy atom. The molecular formula is C25H23ClN2O4. The van der Waals surface area contributed by atoms with E-state index in [0.29, 0.717) is 13.0 Å². The zero-order chi connectivity index (χ0) is 22.8. The fourth-order valence-corrected chi connectivity index (χ4v) is 4.12. The van der Waals surface area contributed by atoms with E-state index in [9.17, 15) is 19.8 Å². The Balaban J connectivity index is 1.64. The number of carbonyl (C=O) groups excluding carboxylic acids is 2. The van der Waals surface area contributed by atoms with E-state index >= 15 is 0 Å². The number of nitrogens with zero attached hydrogens (tertiary/aromatic N) is 1. The predicted molar refractivity (Wildman–Crippen MR) is 122 cm³/mol. The number of nitrogens with one attached hydrogen (secondary N) is 1. The number of fused-ring (bicyclic) bond motifs is 1. The highest BCUT2D eigenvalue weighted by Crippen LogP contribution is 2.33. The Kier molecular flexibility index (Phi) is 6.06. The lowest BCUT2D eigenvalue weighted by atomic mass is 9.92. The molecule has 7 heteroatoms. The van der Waals surface area contributed by atoms with Crippen molar-refractivity contribution in [2.45, 2.75) is 32.5 Å². The summed E-state index contributed by atoms with van der Waals surface area (Å²) >= 11 is 5.97. The maximum atomic E-state index is 13.4. The van der Waals surface area contributed by atoms with Crippen LogP contribution in [0.3, 0.4) is 0 Å². The van der Waals surface area contributed by atoms with Crippen LogP contribution in [0.25, 0.3) is 0 Å². The third kappa shape index (κ3) is 4.27. The van der Waals surface area contributed by atoms with Gasteiger partial charge in [-0.15, -0.1) is 0 Å². The highest BCUT2D eigenvalue weighted by molar-refractivity contribution is 6.32. The normalized spacial score (nSPS) is 15.2. The number of hydrogen-bond acceptors (Lipinski definition) is 4. The second kappa shape index (κ2) is 8.93. The molecule has 0 aromatic heterocycles. The molecule has 1 heterocycles. The molecule has 3 aromatic carbocycles. The van der Waals surface area contributed by atoms with Gasteiger partial charge < -0.3 is 20.4 Å². The minimum absolute atomic E-state index is 0.0517. The van der Waals surface area contributed by atoms with Crippen LogP contribution in [-0.2, 0) is 24.3 Å². The summed E-state index contributed by atoms with van der Waals surface area (Å²) in [7, 11) is 0. The number of rotatable bonds is 4. The Bertz CT molecular complexity index is 1190. The second-order valence-corrected chi connectivity index (χ2v) is 8.29. The topological polar surface area (TPSA) is 89.9 Å². The van der Waals surface area contributed by atoms with E-state index in [1.807, 2.05) is 55.5 Å². The molecule has 6 nitrogen and oxygen atoms in total. The van der Waals surface area contributed by atoms with Crippen LogP contribution < -0.4 is 5.32 Å². The number of halogens is 1. The van der Waals surface area contributed by atoms with Crippen molar-refractivity contribution in [1.29, 1.82) is 0 Å². The van der Waals surface area contributed by atoms with Gasteiger partial charge in [0, 0.05) is 25.6 Å². The van der Waals surface area contributed by atoms with Gasteiger partial charge in [0.25, 0.3) is 5.91 Å². The number of aryl methyl sites for hydroxylation is 1. The molecule has 32 heavy (non-hydrogen) atoms. The minimum Gasteiger partial charge on any atom is -0.507 e. The SMILES string of the molecule is Cc1ccccc1CNC(=O)[C@H]1Cc2ccccc2CN1C(=O)c1cc(Cl)c(O)cc1O. The Hall–Kier alpha value is -3.51. The lowest BCUT2D eigenvalue weighted by molar-refractivity contribution is -0.126. The summed E-state index contributed by atoms with van der Waals surface area (Å²) in [4.78, 5) is 28.0. The molecule has 2 amide bonds. The molecule has 0 saturated carbocycles. The highest BCUT2D eigenvalue weighted by Gasteiger charge is 2.36. The molecular weight excluding hydrogens is 428 g/mol. The van der Waals surface area contributed by atoms with Crippen LogP contribution in [0.1, 0.15) is 32.6 Å². The molecule has 1 aliphatic heterocycles. The zero-order valence-corrected chi connectivity index (χ0v) is 18.3. The average Bonchev–Trinajstić information content (AvgIpc) is 2.79. The first-order chi connectivity index (χ1) is 15.3. The molecule has 0 aliphatic carbocycles. The average molecular weight is 451 g/mol. The van der Waals surface area contributed by atoms with Crippen LogP contribution in [0.5, 0.6) is 11.5 Å². The number of amides is 2.